The summed E-state index contributed by atoms with van der Waals surface area (Å²) in [6.45, 7) is 1.39. The fourth-order valence-corrected chi connectivity index (χ4v) is 7.85. The maximum Gasteiger partial charge on any atom is 0.274 e. The number of unbranched alkanes of at least 4 members (excludes halogenated alkanes) is 2. The summed E-state index contributed by atoms with van der Waals surface area (Å²) in [7, 11) is 0. The molecule has 0 fully saturated rings. The molecular formula is C36H46Br2N14O6S2. The van der Waals surface area contributed by atoms with Gasteiger partial charge in [0.2, 0.25) is 24.6 Å². The van der Waals surface area contributed by atoms with Crippen molar-refractivity contribution in [3.8, 4) is 0 Å². The third-order valence-electron chi connectivity index (χ3n) is 7.65. The van der Waals surface area contributed by atoms with Crippen LogP contribution < -0.4 is 54.8 Å². The Morgan fingerprint density at radius 1 is 0.600 bits per heavy atom. The Labute approximate surface area is 371 Å². The predicted molar refractivity (Wildman–Crippen MR) is 242 cm³/mol. The molecule has 24 heteroatoms. The molecule has 60 heavy (non-hydrogen) atoms. The lowest BCUT2D eigenvalue weighted by atomic mass is 10.2. The quantitative estimate of drug-likeness (QED) is 0.0182. The molecule has 0 aliphatic rings. The minimum atomic E-state index is -0.681. The lowest BCUT2D eigenvalue weighted by molar-refractivity contribution is -0.117. The zero-order valence-electron chi connectivity index (χ0n) is 32.2. The number of carbonyl (C=O) groups excluding carboxylic acids is 6. The number of carbonyl (C=O) groups is 6. The van der Waals surface area contributed by atoms with Crippen molar-refractivity contribution in [3.05, 3.63) is 57.0 Å². The van der Waals surface area contributed by atoms with Crippen molar-refractivity contribution in [1.82, 2.24) is 20.6 Å². The summed E-state index contributed by atoms with van der Waals surface area (Å²) in [6, 6.07) is 7.90. The van der Waals surface area contributed by atoms with Crippen LogP contribution in [0.4, 0.5) is 22.7 Å². The van der Waals surface area contributed by atoms with Gasteiger partial charge in [0.1, 0.15) is 17.7 Å². The number of hydrogen-bond donors (Lipinski definition) is 10. The summed E-state index contributed by atoms with van der Waals surface area (Å²) in [5.41, 5.74) is 22.6. The summed E-state index contributed by atoms with van der Waals surface area (Å²) in [5, 5.41) is 16.6. The predicted octanol–water partition coefficient (Wildman–Crippen LogP) is 2.95. The van der Waals surface area contributed by atoms with Crippen molar-refractivity contribution in [3.63, 3.8) is 0 Å². The first-order chi connectivity index (χ1) is 28.8. The van der Waals surface area contributed by atoms with Crippen molar-refractivity contribution in [2.24, 2.45) is 32.9 Å². The summed E-state index contributed by atoms with van der Waals surface area (Å²) in [5.74, 6) is -1.16. The van der Waals surface area contributed by atoms with Crippen molar-refractivity contribution in [1.29, 1.82) is 0 Å². The highest BCUT2D eigenvalue weighted by atomic mass is 79.9. The molecule has 0 saturated heterocycles. The van der Waals surface area contributed by atoms with E-state index in [0.717, 1.165) is 6.33 Å². The number of aliphatic imine (C=N–C) groups is 2. The van der Waals surface area contributed by atoms with Gasteiger partial charge in [0.15, 0.2) is 11.9 Å². The standard InChI is InChI=1S/C36H46Br2N14O6S2/c37-21-13-23(49-29(55)5-1-3-7-45-35(39)40)31(59-11-9-43-19-53)25(15-21)51-33(57)27-17-28(48-18-47-27)34(58)52-26-16-22(38)14-24(32(26)60-12-10-44-20-54)50-30(56)6-2-4-8-46-36(41)42/h13-20H,1-12H2,(H,43,53)(H,44,54)(H,49,55)(H,50,56)(H,51,57)(H,52,58)(H4,39,40,45)(H4,41,42,46). The van der Waals surface area contributed by atoms with E-state index in [2.05, 4.69) is 83.7 Å². The lowest BCUT2D eigenvalue weighted by Gasteiger charge is -2.18. The van der Waals surface area contributed by atoms with Crippen LogP contribution in [0.1, 0.15) is 59.5 Å². The third-order valence-corrected chi connectivity index (χ3v) is 10.8. The molecule has 14 N–H and O–H groups in total. The molecule has 0 bridgehead atoms. The van der Waals surface area contributed by atoms with E-state index in [9.17, 15) is 28.8 Å². The van der Waals surface area contributed by atoms with Crippen LogP contribution in [0.5, 0.6) is 0 Å². The van der Waals surface area contributed by atoms with Crippen LogP contribution in [0, 0.1) is 0 Å². The summed E-state index contributed by atoms with van der Waals surface area (Å²) >= 11 is 9.48. The highest BCUT2D eigenvalue weighted by Gasteiger charge is 2.21. The van der Waals surface area contributed by atoms with E-state index in [1.54, 1.807) is 24.3 Å². The number of benzene rings is 2. The molecule has 1 aromatic heterocycles. The highest BCUT2D eigenvalue weighted by molar-refractivity contribution is 9.10. The maximum atomic E-state index is 13.7. The van der Waals surface area contributed by atoms with E-state index in [1.165, 1.54) is 29.6 Å². The third kappa shape index (κ3) is 17.8. The van der Waals surface area contributed by atoms with Gasteiger partial charge in [-0.15, -0.1) is 23.5 Å². The molecule has 3 rings (SSSR count). The number of hydrogen-bond acceptors (Lipinski definition) is 12. The van der Waals surface area contributed by atoms with Gasteiger partial charge in [-0.3, -0.25) is 38.8 Å². The monoisotopic (exact) mass is 992 g/mol. The number of anilines is 4. The Kier molecular flexibility index (Phi) is 21.7. The number of aromatic nitrogens is 2. The first-order valence-electron chi connectivity index (χ1n) is 18.2. The molecule has 2 aromatic carbocycles. The van der Waals surface area contributed by atoms with Gasteiger partial charge in [0, 0.05) is 65.5 Å². The van der Waals surface area contributed by atoms with E-state index < -0.39 is 11.8 Å². The van der Waals surface area contributed by atoms with Crippen molar-refractivity contribution in [2.75, 3.05) is 59.0 Å². The smallest absolute Gasteiger partial charge is 0.274 e. The van der Waals surface area contributed by atoms with E-state index >= 15 is 0 Å². The lowest BCUT2D eigenvalue weighted by Crippen LogP contribution is -2.23. The van der Waals surface area contributed by atoms with Crippen LogP contribution >= 0.6 is 55.4 Å². The summed E-state index contributed by atoms with van der Waals surface area (Å²) < 4.78 is 1.09. The van der Waals surface area contributed by atoms with Gasteiger partial charge in [0.25, 0.3) is 11.8 Å². The van der Waals surface area contributed by atoms with Gasteiger partial charge in [-0.05, 0) is 49.9 Å². The number of amides is 6. The Bertz CT molecular complexity index is 1910. The Morgan fingerprint density at radius 2 is 0.983 bits per heavy atom. The SMILES string of the molecule is NC(N)=NCCCCC(=O)Nc1cc(Br)cc(NC(=O)c2cc(C(=O)Nc3cc(Br)cc(NC(=O)CCCCN=C(N)N)c3SCCNC=O)ncn2)c1SCCNC=O. The first-order valence-corrected chi connectivity index (χ1v) is 21.8. The van der Waals surface area contributed by atoms with Crippen molar-refractivity contribution >= 4 is 127 Å². The molecule has 1 heterocycles. The van der Waals surface area contributed by atoms with Gasteiger partial charge in [-0.2, -0.15) is 0 Å². The minimum absolute atomic E-state index is 0.0240. The fourth-order valence-electron chi connectivity index (χ4n) is 5.03. The number of rotatable bonds is 26. The highest BCUT2D eigenvalue weighted by Crippen LogP contribution is 2.39. The van der Waals surface area contributed by atoms with Crippen LogP contribution in [0.2, 0.25) is 0 Å². The molecule has 0 unspecified atom stereocenters. The molecule has 20 nitrogen and oxygen atoms in total. The average molecular weight is 995 g/mol. The zero-order valence-corrected chi connectivity index (χ0v) is 37.0. The van der Waals surface area contributed by atoms with Crippen LogP contribution in [0.15, 0.2) is 65.4 Å². The minimum Gasteiger partial charge on any atom is -0.370 e. The molecular weight excluding hydrogens is 948 g/mol. The molecule has 3 aromatic rings. The van der Waals surface area contributed by atoms with E-state index in [1.807, 2.05) is 0 Å². The van der Waals surface area contributed by atoms with E-state index in [0.29, 0.717) is 118 Å². The normalized spacial score (nSPS) is 10.4. The Balaban J connectivity index is 1.84. The molecule has 0 atom stereocenters. The molecule has 0 aliphatic heterocycles. The van der Waals surface area contributed by atoms with Gasteiger partial charge < -0.3 is 54.8 Å². The topological polar surface area (TPSA) is 329 Å². The summed E-state index contributed by atoms with van der Waals surface area (Å²) in [6.07, 6.45) is 4.83. The van der Waals surface area contributed by atoms with E-state index in [-0.39, 0.29) is 48.0 Å². The molecule has 0 radical (unpaired) electrons. The van der Waals surface area contributed by atoms with Crippen molar-refractivity contribution in [2.45, 2.75) is 48.3 Å². The van der Waals surface area contributed by atoms with Crippen LogP contribution in [0.3, 0.4) is 0 Å². The number of nitrogens with zero attached hydrogens (tertiary/aromatic N) is 4. The number of thioether (sulfide) groups is 2. The fraction of sp³-hybridized carbons (Fsp3) is 0.333. The second kappa shape index (κ2) is 26.6. The number of nitrogens with one attached hydrogen (secondary N) is 6. The second-order valence-corrected chi connectivity index (χ2v) is 16.4. The number of guanidine groups is 2. The molecule has 322 valence electrons. The van der Waals surface area contributed by atoms with E-state index in [4.69, 9.17) is 22.9 Å². The van der Waals surface area contributed by atoms with Crippen molar-refractivity contribution < 1.29 is 28.8 Å². The Hall–Kier alpha value is -5.46. The van der Waals surface area contributed by atoms with Crippen LogP contribution in [-0.4, -0.2) is 96.0 Å². The zero-order chi connectivity index (χ0) is 43.9. The number of halogens is 2. The first kappa shape index (κ1) is 48.9. The largest absolute Gasteiger partial charge is 0.370 e. The average Bonchev–Trinajstić information content (AvgIpc) is 3.19. The molecule has 0 saturated carbocycles. The van der Waals surface area contributed by atoms with Gasteiger partial charge in [-0.1, -0.05) is 31.9 Å². The summed E-state index contributed by atoms with van der Waals surface area (Å²) in [4.78, 5) is 92.1. The van der Waals surface area contributed by atoms with Gasteiger partial charge in [0.05, 0.1) is 32.5 Å². The maximum absolute atomic E-state index is 13.7. The van der Waals surface area contributed by atoms with Crippen LogP contribution in [-0.2, 0) is 19.2 Å². The molecule has 0 spiro atoms. The van der Waals surface area contributed by atoms with Gasteiger partial charge >= 0.3 is 0 Å². The molecule has 0 aliphatic carbocycles. The number of nitrogens with two attached hydrogens (primary N) is 4. The molecule has 6 amide bonds. The van der Waals surface area contributed by atoms with Gasteiger partial charge in [-0.25, -0.2) is 9.97 Å². The Morgan fingerprint density at radius 3 is 1.35 bits per heavy atom. The second-order valence-electron chi connectivity index (χ2n) is 12.3. The van der Waals surface area contributed by atoms with Crippen LogP contribution in [0.25, 0.3) is 0 Å².